The third kappa shape index (κ3) is 6.80. The minimum atomic E-state index is 0.186. The van der Waals surface area contributed by atoms with Gasteiger partial charge < -0.3 is 14.8 Å². The van der Waals surface area contributed by atoms with Crippen LogP contribution in [0, 0.1) is 0 Å². The standard InChI is InChI=1S/C17H29NO2/c1-6-19-15-11-7-8-12-16(15)20-14(2)10-9-13-18-17(3,4)5/h7-8,11-12,14,18H,6,9-10,13H2,1-5H3. The van der Waals surface area contributed by atoms with Crippen LogP contribution in [-0.2, 0) is 0 Å². The van der Waals surface area contributed by atoms with Crippen LogP contribution in [0.2, 0.25) is 0 Å². The van der Waals surface area contributed by atoms with Crippen molar-refractivity contribution >= 4 is 0 Å². The van der Waals surface area contributed by atoms with Gasteiger partial charge in [-0.1, -0.05) is 12.1 Å². The van der Waals surface area contributed by atoms with Crippen molar-refractivity contribution in [2.24, 2.45) is 0 Å². The fraction of sp³-hybridized carbons (Fsp3) is 0.647. The van der Waals surface area contributed by atoms with Crippen LogP contribution in [0.5, 0.6) is 11.5 Å². The van der Waals surface area contributed by atoms with Gasteiger partial charge in [-0.3, -0.25) is 0 Å². The highest BCUT2D eigenvalue weighted by molar-refractivity contribution is 5.39. The second-order valence-corrected chi connectivity index (χ2v) is 6.13. The summed E-state index contributed by atoms with van der Waals surface area (Å²) in [6, 6.07) is 7.86. The molecule has 1 aromatic carbocycles. The van der Waals surface area contributed by atoms with E-state index in [9.17, 15) is 0 Å². The Hall–Kier alpha value is -1.22. The van der Waals surface area contributed by atoms with E-state index in [-0.39, 0.29) is 11.6 Å². The predicted octanol–water partition coefficient (Wildman–Crippen LogP) is 4.02. The van der Waals surface area contributed by atoms with Gasteiger partial charge in [-0.15, -0.1) is 0 Å². The molecule has 0 aliphatic heterocycles. The zero-order valence-electron chi connectivity index (χ0n) is 13.5. The van der Waals surface area contributed by atoms with Crippen LogP contribution < -0.4 is 14.8 Å². The molecule has 0 aromatic heterocycles. The molecule has 0 bridgehead atoms. The Morgan fingerprint density at radius 2 is 1.80 bits per heavy atom. The highest BCUT2D eigenvalue weighted by Crippen LogP contribution is 2.27. The third-order valence-corrected chi connectivity index (χ3v) is 2.92. The molecule has 0 amide bonds. The van der Waals surface area contributed by atoms with Crippen molar-refractivity contribution in [1.82, 2.24) is 5.32 Å². The molecule has 20 heavy (non-hydrogen) atoms. The average molecular weight is 279 g/mol. The highest BCUT2D eigenvalue weighted by Gasteiger charge is 2.10. The molecule has 3 nitrogen and oxygen atoms in total. The number of benzene rings is 1. The van der Waals surface area contributed by atoms with E-state index in [1.165, 1.54) is 0 Å². The molecule has 3 heteroatoms. The smallest absolute Gasteiger partial charge is 0.161 e. The Morgan fingerprint density at radius 3 is 2.40 bits per heavy atom. The maximum absolute atomic E-state index is 5.98. The maximum Gasteiger partial charge on any atom is 0.161 e. The summed E-state index contributed by atoms with van der Waals surface area (Å²) in [6.45, 7) is 12.3. The summed E-state index contributed by atoms with van der Waals surface area (Å²) in [5.74, 6) is 1.67. The molecule has 1 rings (SSSR count). The van der Waals surface area contributed by atoms with E-state index in [2.05, 4.69) is 33.0 Å². The second kappa shape index (κ2) is 8.15. The topological polar surface area (TPSA) is 30.5 Å². The van der Waals surface area contributed by atoms with Crippen LogP contribution in [0.4, 0.5) is 0 Å². The molecule has 0 saturated carbocycles. The lowest BCUT2D eigenvalue weighted by atomic mass is 10.1. The molecule has 0 fully saturated rings. The van der Waals surface area contributed by atoms with Crippen molar-refractivity contribution in [3.8, 4) is 11.5 Å². The summed E-state index contributed by atoms with van der Waals surface area (Å²) in [5.41, 5.74) is 0.186. The first-order valence-corrected chi connectivity index (χ1v) is 7.56. The lowest BCUT2D eigenvalue weighted by Gasteiger charge is -2.21. The second-order valence-electron chi connectivity index (χ2n) is 6.13. The van der Waals surface area contributed by atoms with Gasteiger partial charge in [0.1, 0.15) is 0 Å². The minimum absolute atomic E-state index is 0.186. The quantitative estimate of drug-likeness (QED) is 0.729. The molecule has 0 radical (unpaired) electrons. The largest absolute Gasteiger partial charge is 0.490 e. The molecule has 0 saturated heterocycles. The van der Waals surface area contributed by atoms with Crippen molar-refractivity contribution in [3.05, 3.63) is 24.3 Å². The van der Waals surface area contributed by atoms with Gasteiger partial charge in [0.15, 0.2) is 11.5 Å². The summed E-state index contributed by atoms with van der Waals surface area (Å²) in [6.07, 6.45) is 2.33. The SMILES string of the molecule is CCOc1ccccc1OC(C)CCCNC(C)(C)C. The van der Waals surface area contributed by atoms with Crippen molar-refractivity contribution in [3.63, 3.8) is 0 Å². The lowest BCUT2D eigenvalue weighted by molar-refractivity contribution is 0.193. The normalized spacial score (nSPS) is 13.1. The van der Waals surface area contributed by atoms with Crippen molar-refractivity contribution in [2.45, 2.75) is 59.1 Å². The Morgan fingerprint density at radius 1 is 1.15 bits per heavy atom. The Bertz CT molecular complexity index is 385. The molecule has 114 valence electrons. The zero-order valence-corrected chi connectivity index (χ0v) is 13.5. The van der Waals surface area contributed by atoms with Gasteiger partial charge in [-0.2, -0.15) is 0 Å². The summed E-state index contributed by atoms with van der Waals surface area (Å²) in [5, 5.41) is 3.49. The number of hydrogen-bond acceptors (Lipinski definition) is 3. The maximum atomic E-state index is 5.98. The summed E-state index contributed by atoms with van der Waals surface area (Å²) in [7, 11) is 0. The molecule has 1 atom stereocenters. The first kappa shape index (κ1) is 16.8. The van der Waals surface area contributed by atoms with Crippen molar-refractivity contribution in [1.29, 1.82) is 0 Å². The van der Waals surface area contributed by atoms with Crippen LogP contribution in [0.1, 0.15) is 47.5 Å². The molecule has 1 unspecified atom stereocenters. The molecule has 0 spiro atoms. The number of hydrogen-bond donors (Lipinski definition) is 1. The van der Waals surface area contributed by atoms with Crippen molar-refractivity contribution < 1.29 is 9.47 Å². The molecule has 0 aliphatic carbocycles. The lowest BCUT2D eigenvalue weighted by Crippen LogP contribution is -2.36. The Labute approximate surface area is 123 Å². The number of ether oxygens (including phenoxy) is 2. The Balaban J connectivity index is 2.37. The summed E-state index contributed by atoms with van der Waals surface area (Å²) >= 11 is 0. The van der Waals surface area contributed by atoms with Crippen LogP contribution >= 0.6 is 0 Å². The van der Waals surface area contributed by atoms with Crippen molar-refractivity contribution in [2.75, 3.05) is 13.2 Å². The van der Waals surface area contributed by atoms with E-state index in [0.29, 0.717) is 6.61 Å². The molecular formula is C17H29NO2. The van der Waals surface area contributed by atoms with Gasteiger partial charge in [0, 0.05) is 5.54 Å². The number of para-hydroxylation sites is 2. The first-order valence-electron chi connectivity index (χ1n) is 7.56. The van der Waals surface area contributed by atoms with Crippen LogP contribution in [-0.4, -0.2) is 24.8 Å². The molecule has 0 aliphatic rings. The number of nitrogens with one attached hydrogen (secondary N) is 1. The minimum Gasteiger partial charge on any atom is -0.490 e. The monoisotopic (exact) mass is 279 g/mol. The van der Waals surface area contributed by atoms with E-state index >= 15 is 0 Å². The first-order chi connectivity index (χ1) is 9.42. The summed E-state index contributed by atoms with van der Waals surface area (Å²) < 4.78 is 11.5. The molecule has 1 aromatic rings. The van der Waals surface area contributed by atoms with E-state index in [1.807, 2.05) is 31.2 Å². The van der Waals surface area contributed by atoms with Gasteiger partial charge in [-0.05, 0) is 66.1 Å². The fourth-order valence-electron chi connectivity index (χ4n) is 1.95. The zero-order chi connectivity index (χ0) is 15.0. The average Bonchev–Trinajstić information content (AvgIpc) is 2.36. The van der Waals surface area contributed by atoms with Gasteiger partial charge in [0.25, 0.3) is 0 Å². The van der Waals surface area contributed by atoms with Crippen LogP contribution in [0.3, 0.4) is 0 Å². The van der Waals surface area contributed by atoms with E-state index in [0.717, 1.165) is 30.9 Å². The van der Waals surface area contributed by atoms with E-state index in [4.69, 9.17) is 9.47 Å². The molecule has 0 heterocycles. The third-order valence-electron chi connectivity index (χ3n) is 2.92. The van der Waals surface area contributed by atoms with Gasteiger partial charge in [0.2, 0.25) is 0 Å². The van der Waals surface area contributed by atoms with Gasteiger partial charge in [0.05, 0.1) is 12.7 Å². The Kier molecular flexibility index (Phi) is 6.86. The van der Waals surface area contributed by atoms with Crippen LogP contribution in [0.25, 0.3) is 0 Å². The molecule has 1 N–H and O–H groups in total. The molecular weight excluding hydrogens is 250 g/mol. The van der Waals surface area contributed by atoms with Gasteiger partial charge >= 0.3 is 0 Å². The predicted molar refractivity (Wildman–Crippen MR) is 84.7 cm³/mol. The van der Waals surface area contributed by atoms with E-state index < -0.39 is 0 Å². The van der Waals surface area contributed by atoms with E-state index in [1.54, 1.807) is 0 Å². The highest BCUT2D eigenvalue weighted by atomic mass is 16.5. The fourth-order valence-corrected chi connectivity index (χ4v) is 1.95. The summed E-state index contributed by atoms with van der Waals surface area (Å²) in [4.78, 5) is 0. The number of rotatable bonds is 8. The van der Waals surface area contributed by atoms with Gasteiger partial charge in [-0.25, -0.2) is 0 Å². The van der Waals surface area contributed by atoms with Crippen LogP contribution in [0.15, 0.2) is 24.3 Å².